The molecule has 9 heteroatoms. The highest BCUT2D eigenvalue weighted by molar-refractivity contribution is 5.90. The van der Waals surface area contributed by atoms with Crippen LogP contribution in [0.4, 0.5) is 14.9 Å². The highest BCUT2D eigenvalue weighted by atomic mass is 19.1. The molecule has 0 bridgehead atoms. The Labute approximate surface area is 190 Å². The summed E-state index contributed by atoms with van der Waals surface area (Å²) in [5.41, 5.74) is 3.95. The van der Waals surface area contributed by atoms with Crippen LogP contribution in [0.2, 0.25) is 0 Å². The lowest BCUT2D eigenvalue weighted by Gasteiger charge is -2.16. The number of aromatic nitrogens is 4. The topological polar surface area (TPSA) is 87.4 Å². The van der Waals surface area contributed by atoms with Crippen LogP contribution in [0.3, 0.4) is 0 Å². The van der Waals surface area contributed by atoms with Crippen LogP contribution in [-0.2, 0) is 6.54 Å². The van der Waals surface area contributed by atoms with E-state index in [1.165, 1.54) is 6.07 Å². The van der Waals surface area contributed by atoms with Gasteiger partial charge in [0.15, 0.2) is 0 Å². The number of amides is 2. The molecule has 2 N–H and O–H groups in total. The number of nitrogens with one attached hydrogen (secondary N) is 2. The predicted molar refractivity (Wildman–Crippen MR) is 124 cm³/mol. The SMILES string of the molecule is CNCc1cccc(-c2cnc3nc(-c4cc(NC(=O)N5CCCC5)ccc4F)cn3n2)c1. The number of halogens is 1. The molecule has 0 atom stereocenters. The van der Waals surface area contributed by atoms with Crippen molar-refractivity contribution < 1.29 is 9.18 Å². The molecule has 1 fully saturated rings. The molecule has 0 saturated carbocycles. The summed E-state index contributed by atoms with van der Waals surface area (Å²) in [4.78, 5) is 23.0. The quantitative estimate of drug-likeness (QED) is 0.486. The Morgan fingerprint density at radius 2 is 1.97 bits per heavy atom. The lowest BCUT2D eigenvalue weighted by Crippen LogP contribution is -2.32. The third kappa shape index (κ3) is 4.40. The van der Waals surface area contributed by atoms with Gasteiger partial charge in [0.1, 0.15) is 11.5 Å². The fraction of sp³-hybridized carbons (Fsp3) is 0.250. The number of carbonyl (C=O) groups is 1. The van der Waals surface area contributed by atoms with Gasteiger partial charge in [-0.1, -0.05) is 18.2 Å². The first-order valence-electron chi connectivity index (χ1n) is 10.9. The van der Waals surface area contributed by atoms with Crippen LogP contribution in [0.1, 0.15) is 18.4 Å². The Morgan fingerprint density at radius 3 is 2.79 bits per heavy atom. The first-order chi connectivity index (χ1) is 16.1. The minimum absolute atomic E-state index is 0.173. The first kappa shape index (κ1) is 21.0. The van der Waals surface area contributed by atoms with E-state index < -0.39 is 5.82 Å². The summed E-state index contributed by atoms with van der Waals surface area (Å²) in [5.74, 6) is -0.0661. The Hall–Kier alpha value is -3.85. The van der Waals surface area contributed by atoms with Crippen molar-refractivity contribution >= 4 is 17.5 Å². The number of imidazole rings is 1. The van der Waals surface area contributed by atoms with Crippen molar-refractivity contribution in [2.75, 3.05) is 25.5 Å². The number of carbonyl (C=O) groups excluding carboxylic acids is 1. The maximum absolute atomic E-state index is 14.7. The van der Waals surface area contributed by atoms with Gasteiger partial charge in [0, 0.05) is 36.4 Å². The van der Waals surface area contributed by atoms with Crippen LogP contribution in [0.15, 0.2) is 54.9 Å². The second-order valence-electron chi connectivity index (χ2n) is 8.06. The molecule has 168 valence electrons. The van der Waals surface area contributed by atoms with Crippen molar-refractivity contribution in [3.8, 4) is 22.5 Å². The van der Waals surface area contributed by atoms with E-state index in [1.54, 1.807) is 33.9 Å². The van der Waals surface area contributed by atoms with Gasteiger partial charge >= 0.3 is 6.03 Å². The van der Waals surface area contributed by atoms with Crippen molar-refractivity contribution in [3.63, 3.8) is 0 Å². The maximum Gasteiger partial charge on any atom is 0.321 e. The van der Waals surface area contributed by atoms with Crippen molar-refractivity contribution in [3.05, 3.63) is 66.2 Å². The number of benzene rings is 2. The van der Waals surface area contributed by atoms with Gasteiger partial charge in [-0.2, -0.15) is 5.10 Å². The fourth-order valence-corrected chi connectivity index (χ4v) is 4.01. The molecule has 0 spiro atoms. The van der Waals surface area contributed by atoms with Crippen LogP contribution < -0.4 is 10.6 Å². The van der Waals surface area contributed by atoms with E-state index in [0.29, 0.717) is 22.9 Å². The number of urea groups is 1. The molecule has 0 unspecified atom stereocenters. The minimum Gasteiger partial charge on any atom is -0.325 e. The standard InChI is InChI=1S/C24H24FN7O/c1-26-13-16-5-4-6-17(11-16)21-14-27-23-29-22(15-32(23)30-21)19-12-18(7-8-20(19)25)28-24(33)31-9-2-3-10-31/h4-8,11-12,14-15,26H,2-3,9-10,13H2,1H3,(H,28,33). The van der Waals surface area contributed by atoms with Gasteiger partial charge in [0.25, 0.3) is 5.78 Å². The average molecular weight is 446 g/mol. The lowest BCUT2D eigenvalue weighted by molar-refractivity contribution is 0.222. The fourth-order valence-electron chi connectivity index (χ4n) is 4.01. The van der Waals surface area contributed by atoms with Gasteiger partial charge in [0.05, 0.1) is 18.1 Å². The van der Waals surface area contributed by atoms with Crippen LogP contribution in [0, 0.1) is 5.82 Å². The highest BCUT2D eigenvalue weighted by Crippen LogP contribution is 2.26. The Kier molecular flexibility index (Phi) is 5.70. The van der Waals surface area contributed by atoms with Gasteiger partial charge in [-0.3, -0.25) is 0 Å². The van der Waals surface area contributed by atoms with Crippen LogP contribution in [0.5, 0.6) is 0 Å². The van der Waals surface area contributed by atoms with Gasteiger partial charge < -0.3 is 15.5 Å². The summed E-state index contributed by atoms with van der Waals surface area (Å²) in [6.07, 6.45) is 5.32. The molecule has 2 aromatic heterocycles. The zero-order valence-corrected chi connectivity index (χ0v) is 18.3. The summed E-state index contributed by atoms with van der Waals surface area (Å²) in [7, 11) is 1.90. The normalized spacial score (nSPS) is 13.6. The summed E-state index contributed by atoms with van der Waals surface area (Å²) in [5, 5.41) is 10.6. The Balaban J connectivity index is 1.44. The number of anilines is 1. The third-order valence-corrected chi connectivity index (χ3v) is 5.68. The predicted octanol–water partition coefficient (Wildman–Crippen LogP) is 3.94. The van der Waals surface area contributed by atoms with Gasteiger partial charge in [0.2, 0.25) is 0 Å². The molecule has 1 aliphatic heterocycles. The Morgan fingerprint density at radius 1 is 1.12 bits per heavy atom. The van der Waals surface area contributed by atoms with Gasteiger partial charge in [-0.15, -0.1) is 0 Å². The number of rotatable bonds is 5. The van der Waals surface area contributed by atoms with Crippen molar-refractivity contribution in [2.24, 2.45) is 0 Å². The van der Waals surface area contributed by atoms with E-state index in [0.717, 1.165) is 43.6 Å². The summed E-state index contributed by atoms with van der Waals surface area (Å²) in [6, 6.07) is 12.3. The number of hydrogen-bond acceptors (Lipinski definition) is 5. The molecule has 1 aliphatic rings. The molecule has 2 aromatic carbocycles. The van der Waals surface area contributed by atoms with Crippen molar-refractivity contribution in [1.82, 2.24) is 29.8 Å². The molecule has 3 heterocycles. The number of nitrogens with zero attached hydrogens (tertiary/aromatic N) is 5. The largest absolute Gasteiger partial charge is 0.325 e. The van der Waals surface area contributed by atoms with E-state index in [1.807, 2.05) is 25.2 Å². The van der Waals surface area contributed by atoms with Crippen molar-refractivity contribution in [1.29, 1.82) is 0 Å². The molecule has 8 nitrogen and oxygen atoms in total. The van der Waals surface area contributed by atoms with Crippen LogP contribution in [0.25, 0.3) is 28.3 Å². The molecule has 5 rings (SSSR count). The van der Waals surface area contributed by atoms with E-state index >= 15 is 0 Å². The summed E-state index contributed by atoms with van der Waals surface area (Å²) >= 11 is 0. The molecule has 1 saturated heterocycles. The average Bonchev–Trinajstić information content (AvgIpc) is 3.50. The molecule has 33 heavy (non-hydrogen) atoms. The Bertz CT molecular complexity index is 1310. The summed E-state index contributed by atoms with van der Waals surface area (Å²) in [6.45, 7) is 2.23. The highest BCUT2D eigenvalue weighted by Gasteiger charge is 2.19. The molecule has 4 aromatic rings. The molecule has 2 amide bonds. The summed E-state index contributed by atoms with van der Waals surface area (Å²) < 4.78 is 16.2. The molecular weight excluding hydrogens is 421 g/mol. The number of likely N-dealkylation sites (tertiary alicyclic amines) is 1. The van der Waals surface area contributed by atoms with Crippen LogP contribution in [-0.4, -0.2) is 50.7 Å². The van der Waals surface area contributed by atoms with E-state index in [4.69, 9.17) is 0 Å². The van der Waals surface area contributed by atoms with E-state index in [9.17, 15) is 9.18 Å². The maximum atomic E-state index is 14.7. The monoisotopic (exact) mass is 445 g/mol. The molecule has 0 aliphatic carbocycles. The van der Waals surface area contributed by atoms with Crippen LogP contribution >= 0.6 is 0 Å². The molecular formula is C24H24FN7O. The number of fused-ring (bicyclic) bond motifs is 1. The minimum atomic E-state index is -0.433. The second-order valence-corrected chi connectivity index (χ2v) is 8.06. The lowest BCUT2D eigenvalue weighted by atomic mass is 10.1. The van der Waals surface area contributed by atoms with Crippen molar-refractivity contribution in [2.45, 2.75) is 19.4 Å². The molecule has 0 radical (unpaired) electrons. The van der Waals surface area contributed by atoms with E-state index in [-0.39, 0.29) is 11.6 Å². The zero-order chi connectivity index (χ0) is 22.8. The zero-order valence-electron chi connectivity index (χ0n) is 18.3. The number of hydrogen-bond donors (Lipinski definition) is 2. The van der Waals surface area contributed by atoms with Gasteiger partial charge in [-0.05, 0) is 49.7 Å². The second kappa shape index (κ2) is 8.95. The first-order valence-corrected chi connectivity index (χ1v) is 10.9. The van der Waals surface area contributed by atoms with E-state index in [2.05, 4.69) is 31.8 Å². The smallest absolute Gasteiger partial charge is 0.321 e. The van der Waals surface area contributed by atoms with Gasteiger partial charge in [-0.25, -0.2) is 23.7 Å². The third-order valence-electron chi connectivity index (χ3n) is 5.68.